The minimum atomic E-state index is -0.321. The standard InChI is InChI=1S/C16H21ClN2O3/c1-18(15(20)10-17)11-14-8-5-9-19(14)16(21)22-12-13-6-3-2-4-7-13/h2-4,6-7,14H,5,8-12H2,1H3/t14-/m1/s1. The molecule has 0 N–H and O–H groups in total. The average molecular weight is 325 g/mol. The van der Waals surface area contributed by atoms with Crippen molar-refractivity contribution in [3.05, 3.63) is 35.9 Å². The molecule has 0 aliphatic carbocycles. The summed E-state index contributed by atoms with van der Waals surface area (Å²) in [5.74, 6) is -0.173. The van der Waals surface area contributed by atoms with Crippen molar-refractivity contribution in [2.45, 2.75) is 25.5 Å². The van der Waals surface area contributed by atoms with Crippen LogP contribution in [0.5, 0.6) is 0 Å². The molecule has 0 bridgehead atoms. The minimum Gasteiger partial charge on any atom is -0.445 e. The number of hydrogen-bond donors (Lipinski definition) is 0. The quantitative estimate of drug-likeness (QED) is 0.782. The highest BCUT2D eigenvalue weighted by Crippen LogP contribution is 2.19. The van der Waals surface area contributed by atoms with Crippen LogP contribution < -0.4 is 0 Å². The number of amides is 2. The Labute approximate surface area is 135 Å². The number of hydrogen-bond acceptors (Lipinski definition) is 3. The van der Waals surface area contributed by atoms with Crippen molar-refractivity contribution in [3.63, 3.8) is 0 Å². The molecule has 2 rings (SSSR count). The van der Waals surface area contributed by atoms with Gasteiger partial charge in [0.1, 0.15) is 12.5 Å². The van der Waals surface area contributed by atoms with Crippen LogP contribution in [-0.2, 0) is 16.1 Å². The average Bonchev–Trinajstić information content (AvgIpc) is 3.00. The number of ether oxygens (including phenoxy) is 1. The Balaban J connectivity index is 1.86. The number of likely N-dealkylation sites (tertiary alicyclic amines) is 1. The van der Waals surface area contributed by atoms with Crippen molar-refractivity contribution in [3.8, 4) is 0 Å². The number of halogens is 1. The Morgan fingerprint density at radius 3 is 2.77 bits per heavy atom. The van der Waals surface area contributed by atoms with E-state index >= 15 is 0 Å². The Kier molecular flexibility index (Phi) is 6.07. The van der Waals surface area contributed by atoms with E-state index in [2.05, 4.69) is 0 Å². The van der Waals surface area contributed by atoms with Crippen molar-refractivity contribution < 1.29 is 14.3 Å². The molecule has 0 unspecified atom stereocenters. The van der Waals surface area contributed by atoms with Gasteiger partial charge in [-0.1, -0.05) is 30.3 Å². The largest absolute Gasteiger partial charge is 0.445 e. The third-order valence-electron chi connectivity index (χ3n) is 3.84. The summed E-state index contributed by atoms with van der Waals surface area (Å²) < 4.78 is 5.37. The Bertz CT molecular complexity index is 509. The summed E-state index contributed by atoms with van der Waals surface area (Å²) in [7, 11) is 1.70. The third-order valence-corrected chi connectivity index (χ3v) is 4.07. The number of nitrogens with zero attached hydrogens (tertiary/aromatic N) is 2. The predicted molar refractivity (Wildman–Crippen MR) is 84.7 cm³/mol. The smallest absolute Gasteiger partial charge is 0.410 e. The number of rotatable bonds is 5. The summed E-state index contributed by atoms with van der Waals surface area (Å²) in [6, 6.07) is 9.58. The van der Waals surface area contributed by atoms with E-state index in [9.17, 15) is 9.59 Å². The minimum absolute atomic E-state index is 0.000407. The van der Waals surface area contributed by atoms with E-state index < -0.39 is 0 Å². The number of alkyl halides is 1. The summed E-state index contributed by atoms with van der Waals surface area (Å²) in [6.07, 6.45) is 1.48. The van der Waals surface area contributed by atoms with E-state index in [1.165, 1.54) is 0 Å². The van der Waals surface area contributed by atoms with Crippen molar-refractivity contribution in [1.29, 1.82) is 0 Å². The molecule has 1 fully saturated rings. The van der Waals surface area contributed by atoms with Crippen molar-refractivity contribution in [1.82, 2.24) is 9.80 Å². The molecule has 0 radical (unpaired) electrons. The van der Waals surface area contributed by atoms with Crippen LogP contribution in [-0.4, -0.2) is 53.9 Å². The first-order chi connectivity index (χ1) is 10.6. The SMILES string of the molecule is CN(C[C@H]1CCCN1C(=O)OCc1ccccc1)C(=O)CCl. The molecule has 1 aliphatic heterocycles. The highest BCUT2D eigenvalue weighted by molar-refractivity contribution is 6.27. The Morgan fingerprint density at radius 1 is 1.36 bits per heavy atom. The van der Waals surface area contributed by atoms with E-state index in [4.69, 9.17) is 16.3 Å². The fourth-order valence-electron chi connectivity index (χ4n) is 2.59. The molecule has 1 heterocycles. The second-order valence-electron chi connectivity index (χ2n) is 5.44. The molecule has 1 atom stereocenters. The number of likely N-dealkylation sites (N-methyl/N-ethyl adjacent to an activating group) is 1. The number of benzene rings is 1. The predicted octanol–water partition coefficient (Wildman–Crippen LogP) is 2.48. The van der Waals surface area contributed by atoms with Gasteiger partial charge >= 0.3 is 6.09 Å². The van der Waals surface area contributed by atoms with Gasteiger partial charge in [0.25, 0.3) is 0 Å². The van der Waals surface area contributed by atoms with E-state index in [1.54, 1.807) is 16.8 Å². The molecule has 5 nitrogen and oxygen atoms in total. The van der Waals surface area contributed by atoms with E-state index in [1.807, 2.05) is 30.3 Å². The highest BCUT2D eigenvalue weighted by Gasteiger charge is 2.31. The topological polar surface area (TPSA) is 49.9 Å². The van der Waals surface area contributed by atoms with Crippen LogP contribution in [0.4, 0.5) is 4.79 Å². The van der Waals surface area contributed by atoms with Gasteiger partial charge in [-0.25, -0.2) is 4.79 Å². The molecule has 2 amide bonds. The maximum absolute atomic E-state index is 12.2. The van der Waals surface area contributed by atoms with Gasteiger partial charge in [0, 0.05) is 20.1 Å². The summed E-state index contributed by atoms with van der Waals surface area (Å²) in [4.78, 5) is 27.0. The van der Waals surface area contributed by atoms with E-state index in [0.29, 0.717) is 13.1 Å². The van der Waals surface area contributed by atoms with Gasteiger partial charge in [-0.3, -0.25) is 4.79 Å². The zero-order valence-corrected chi connectivity index (χ0v) is 13.5. The van der Waals surface area contributed by atoms with Crippen LogP contribution in [0.25, 0.3) is 0 Å². The molecule has 1 aromatic rings. The molecular weight excluding hydrogens is 304 g/mol. The van der Waals surface area contributed by atoms with Gasteiger partial charge in [0.15, 0.2) is 0 Å². The Morgan fingerprint density at radius 2 is 2.09 bits per heavy atom. The molecule has 0 aromatic heterocycles. The normalized spacial score (nSPS) is 17.4. The molecule has 1 aliphatic rings. The molecule has 6 heteroatoms. The second kappa shape index (κ2) is 8.03. The maximum Gasteiger partial charge on any atom is 0.410 e. The maximum atomic E-state index is 12.2. The van der Waals surface area contributed by atoms with Crippen LogP contribution in [0.15, 0.2) is 30.3 Å². The fourth-order valence-corrected chi connectivity index (χ4v) is 2.79. The van der Waals surface area contributed by atoms with Crippen LogP contribution >= 0.6 is 11.6 Å². The molecular formula is C16H21ClN2O3. The molecule has 0 spiro atoms. The fraction of sp³-hybridized carbons (Fsp3) is 0.500. The van der Waals surface area contributed by atoms with Crippen molar-refractivity contribution in [2.24, 2.45) is 0 Å². The Hall–Kier alpha value is -1.75. The summed E-state index contributed by atoms with van der Waals surface area (Å²) in [5.41, 5.74) is 0.959. The first-order valence-corrected chi connectivity index (χ1v) is 7.92. The van der Waals surface area contributed by atoms with Gasteiger partial charge in [0.05, 0.1) is 6.04 Å². The first-order valence-electron chi connectivity index (χ1n) is 7.39. The van der Waals surface area contributed by atoms with Crippen LogP contribution in [0.1, 0.15) is 18.4 Å². The lowest BCUT2D eigenvalue weighted by atomic mass is 10.2. The summed E-state index contributed by atoms with van der Waals surface area (Å²) >= 11 is 5.55. The highest BCUT2D eigenvalue weighted by atomic mass is 35.5. The second-order valence-corrected chi connectivity index (χ2v) is 5.70. The van der Waals surface area contributed by atoms with Crippen molar-refractivity contribution in [2.75, 3.05) is 26.0 Å². The molecule has 0 saturated carbocycles. The van der Waals surface area contributed by atoms with Gasteiger partial charge in [-0.05, 0) is 18.4 Å². The van der Waals surface area contributed by atoms with Gasteiger partial charge in [-0.15, -0.1) is 11.6 Å². The lowest BCUT2D eigenvalue weighted by molar-refractivity contribution is -0.127. The first kappa shape index (κ1) is 16.6. The summed E-state index contributed by atoms with van der Waals surface area (Å²) in [5, 5.41) is 0. The molecule has 1 aromatic carbocycles. The van der Waals surface area contributed by atoms with E-state index in [-0.39, 0.29) is 30.5 Å². The zero-order valence-electron chi connectivity index (χ0n) is 12.7. The summed E-state index contributed by atoms with van der Waals surface area (Å²) in [6.45, 7) is 1.42. The van der Waals surface area contributed by atoms with Crippen LogP contribution in [0.3, 0.4) is 0 Å². The van der Waals surface area contributed by atoms with Gasteiger partial charge in [-0.2, -0.15) is 0 Å². The lowest BCUT2D eigenvalue weighted by Gasteiger charge is -2.28. The van der Waals surface area contributed by atoms with Crippen LogP contribution in [0, 0.1) is 0 Å². The zero-order chi connectivity index (χ0) is 15.9. The molecule has 120 valence electrons. The third kappa shape index (κ3) is 4.37. The molecule has 1 saturated heterocycles. The molecule has 22 heavy (non-hydrogen) atoms. The van der Waals surface area contributed by atoms with Gasteiger partial charge < -0.3 is 14.5 Å². The number of carbonyl (C=O) groups excluding carboxylic acids is 2. The number of carbonyl (C=O) groups is 2. The van der Waals surface area contributed by atoms with Crippen molar-refractivity contribution >= 4 is 23.6 Å². The van der Waals surface area contributed by atoms with E-state index in [0.717, 1.165) is 18.4 Å². The van der Waals surface area contributed by atoms with Gasteiger partial charge in [0.2, 0.25) is 5.91 Å². The lowest BCUT2D eigenvalue weighted by Crippen LogP contribution is -2.44. The monoisotopic (exact) mass is 324 g/mol. The van der Waals surface area contributed by atoms with Crippen LogP contribution in [0.2, 0.25) is 0 Å².